The molecule has 5 nitrogen and oxygen atoms in total. The molecule has 0 aliphatic rings. The summed E-state index contributed by atoms with van der Waals surface area (Å²) in [6.45, 7) is -0.0184. The fourth-order valence-electron chi connectivity index (χ4n) is 2.27. The Bertz CT molecular complexity index is 601. The summed E-state index contributed by atoms with van der Waals surface area (Å²) in [5.41, 5.74) is 1.27. The lowest BCUT2D eigenvalue weighted by Crippen LogP contribution is -2.32. The summed E-state index contributed by atoms with van der Waals surface area (Å²) < 4.78 is 0. The van der Waals surface area contributed by atoms with E-state index in [9.17, 15) is 15.0 Å². The maximum Gasteiger partial charge on any atom is 0.255 e. The van der Waals surface area contributed by atoms with Gasteiger partial charge in [0, 0.05) is 19.9 Å². The maximum absolute atomic E-state index is 12.5. The van der Waals surface area contributed by atoms with E-state index in [2.05, 4.69) is 4.98 Å². The molecule has 0 aliphatic carbocycles. The molecule has 2 N–H and O–H groups in total. The second-order valence-corrected chi connectivity index (χ2v) is 4.79. The Hall–Kier alpha value is -2.40. The van der Waals surface area contributed by atoms with Gasteiger partial charge in [-0.3, -0.25) is 9.78 Å². The molecule has 1 amide bonds. The number of amides is 1. The van der Waals surface area contributed by atoms with Gasteiger partial charge in [-0.25, -0.2) is 0 Å². The van der Waals surface area contributed by atoms with Crippen LogP contribution in [-0.4, -0.2) is 39.7 Å². The molecule has 110 valence electrons. The molecule has 0 radical (unpaired) electrons. The van der Waals surface area contributed by atoms with Gasteiger partial charge in [-0.15, -0.1) is 0 Å². The van der Waals surface area contributed by atoms with E-state index in [-0.39, 0.29) is 24.3 Å². The van der Waals surface area contributed by atoms with Crippen LogP contribution in [0.2, 0.25) is 0 Å². The fraction of sp³-hybridized carbons (Fsp3) is 0.250. The van der Waals surface area contributed by atoms with Crippen molar-refractivity contribution in [2.75, 3.05) is 13.7 Å². The number of carbonyl (C=O) groups is 1. The number of aliphatic hydroxyl groups is 1. The van der Waals surface area contributed by atoms with Crippen molar-refractivity contribution in [2.24, 2.45) is 0 Å². The molecule has 1 atom stereocenters. The molecular weight excluding hydrogens is 268 g/mol. The minimum Gasteiger partial charge on any atom is -0.506 e. The first kappa shape index (κ1) is 15.0. The Kier molecular flexibility index (Phi) is 4.90. The van der Waals surface area contributed by atoms with Gasteiger partial charge in [0.25, 0.3) is 5.91 Å². The highest BCUT2D eigenvalue weighted by Gasteiger charge is 2.22. The van der Waals surface area contributed by atoms with E-state index in [1.807, 2.05) is 30.3 Å². The van der Waals surface area contributed by atoms with Gasteiger partial charge in [0.15, 0.2) is 0 Å². The molecule has 0 unspecified atom stereocenters. The molecule has 0 spiro atoms. The van der Waals surface area contributed by atoms with Gasteiger partial charge in [0.05, 0.1) is 17.8 Å². The maximum atomic E-state index is 12.5. The van der Waals surface area contributed by atoms with E-state index < -0.39 is 0 Å². The topological polar surface area (TPSA) is 73.7 Å². The summed E-state index contributed by atoms with van der Waals surface area (Å²) in [4.78, 5) is 17.9. The van der Waals surface area contributed by atoms with E-state index >= 15 is 0 Å². The summed E-state index contributed by atoms with van der Waals surface area (Å²) in [6, 6.07) is 10.7. The monoisotopic (exact) mass is 286 g/mol. The number of aromatic nitrogens is 1. The van der Waals surface area contributed by atoms with Gasteiger partial charge < -0.3 is 15.1 Å². The lowest BCUT2D eigenvalue weighted by molar-refractivity contribution is 0.0704. The molecule has 1 aromatic carbocycles. The second-order valence-electron chi connectivity index (χ2n) is 4.79. The van der Waals surface area contributed by atoms with Crippen molar-refractivity contribution in [1.29, 1.82) is 0 Å². The number of hydrogen-bond acceptors (Lipinski definition) is 4. The van der Waals surface area contributed by atoms with E-state index in [4.69, 9.17) is 0 Å². The zero-order valence-corrected chi connectivity index (χ0v) is 11.8. The van der Waals surface area contributed by atoms with Crippen LogP contribution in [0.3, 0.4) is 0 Å². The van der Waals surface area contributed by atoms with Gasteiger partial charge in [-0.1, -0.05) is 30.3 Å². The zero-order chi connectivity index (χ0) is 15.2. The predicted molar refractivity (Wildman–Crippen MR) is 78.9 cm³/mol. The SMILES string of the molecule is CN(C(=O)c1cncc(O)c1)[C@H](CCO)c1ccccc1. The Labute approximate surface area is 123 Å². The van der Waals surface area contributed by atoms with E-state index in [1.54, 1.807) is 11.9 Å². The Morgan fingerprint density at radius 3 is 2.62 bits per heavy atom. The number of carbonyl (C=O) groups excluding carboxylic acids is 1. The third-order valence-corrected chi connectivity index (χ3v) is 3.35. The molecule has 2 rings (SSSR count). The van der Waals surface area contributed by atoms with Crippen LogP contribution < -0.4 is 0 Å². The van der Waals surface area contributed by atoms with Gasteiger partial charge in [-0.05, 0) is 18.1 Å². The number of aliphatic hydroxyl groups excluding tert-OH is 1. The molecule has 1 aromatic heterocycles. The van der Waals surface area contributed by atoms with Crippen LogP contribution in [0.5, 0.6) is 5.75 Å². The summed E-state index contributed by atoms with van der Waals surface area (Å²) in [5.74, 6) is -0.298. The normalized spacial score (nSPS) is 11.9. The standard InChI is InChI=1S/C16H18N2O3/c1-18(16(21)13-9-14(20)11-17-10-13)15(7-8-19)12-5-3-2-4-6-12/h2-6,9-11,15,19-20H,7-8H2,1H3/t15-/m1/s1. The molecular formula is C16H18N2O3. The predicted octanol–water partition coefficient (Wildman–Crippen LogP) is 1.98. The van der Waals surface area contributed by atoms with Gasteiger partial charge in [-0.2, -0.15) is 0 Å². The summed E-state index contributed by atoms with van der Waals surface area (Å²) in [5, 5.41) is 18.7. The number of rotatable bonds is 5. The molecule has 2 aromatic rings. The lowest BCUT2D eigenvalue weighted by atomic mass is 10.0. The largest absolute Gasteiger partial charge is 0.506 e. The van der Waals surface area contributed by atoms with Crippen molar-refractivity contribution in [3.8, 4) is 5.75 Å². The smallest absolute Gasteiger partial charge is 0.255 e. The number of pyridine rings is 1. The third kappa shape index (κ3) is 3.58. The van der Waals surface area contributed by atoms with Crippen LogP contribution in [0.15, 0.2) is 48.8 Å². The van der Waals surface area contributed by atoms with Crippen LogP contribution in [0.1, 0.15) is 28.4 Å². The Balaban J connectivity index is 2.26. The fourth-order valence-corrected chi connectivity index (χ4v) is 2.27. The van der Waals surface area contributed by atoms with Crippen molar-refractivity contribution in [2.45, 2.75) is 12.5 Å². The molecule has 0 bridgehead atoms. The van der Waals surface area contributed by atoms with Crippen molar-refractivity contribution in [3.05, 3.63) is 59.9 Å². The van der Waals surface area contributed by atoms with Gasteiger partial charge in [0.1, 0.15) is 5.75 Å². The first-order chi connectivity index (χ1) is 10.1. The van der Waals surface area contributed by atoms with Crippen LogP contribution in [0.25, 0.3) is 0 Å². The van der Waals surface area contributed by atoms with E-state index in [0.29, 0.717) is 12.0 Å². The average Bonchev–Trinajstić information content (AvgIpc) is 2.52. The van der Waals surface area contributed by atoms with Crippen LogP contribution >= 0.6 is 0 Å². The number of aromatic hydroxyl groups is 1. The Morgan fingerprint density at radius 2 is 2.00 bits per heavy atom. The van der Waals surface area contributed by atoms with Crippen LogP contribution in [0.4, 0.5) is 0 Å². The minimum atomic E-state index is -0.249. The molecule has 21 heavy (non-hydrogen) atoms. The quantitative estimate of drug-likeness (QED) is 0.881. The van der Waals surface area contributed by atoms with E-state index in [1.165, 1.54) is 18.5 Å². The number of benzene rings is 1. The zero-order valence-electron chi connectivity index (χ0n) is 11.8. The van der Waals surface area contributed by atoms with Crippen LogP contribution in [0, 0.1) is 0 Å². The van der Waals surface area contributed by atoms with Crippen molar-refractivity contribution in [1.82, 2.24) is 9.88 Å². The molecule has 0 aliphatic heterocycles. The third-order valence-electron chi connectivity index (χ3n) is 3.35. The van der Waals surface area contributed by atoms with Gasteiger partial charge >= 0.3 is 0 Å². The lowest BCUT2D eigenvalue weighted by Gasteiger charge is -2.28. The number of nitrogens with zero attached hydrogens (tertiary/aromatic N) is 2. The second kappa shape index (κ2) is 6.85. The molecule has 0 fully saturated rings. The van der Waals surface area contributed by atoms with Crippen molar-refractivity contribution in [3.63, 3.8) is 0 Å². The highest BCUT2D eigenvalue weighted by molar-refractivity contribution is 5.94. The minimum absolute atomic E-state index is 0.0184. The molecule has 0 saturated carbocycles. The number of hydrogen-bond donors (Lipinski definition) is 2. The molecule has 5 heteroatoms. The van der Waals surface area contributed by atoms with Crippen LogP contribution in [-0.2, 0) is 0 Å². The van der Waals surface area contributed by atoms with Crippen molar-refractivity contribution >= 4 is 5.91 Å². The summed E-state index contributed by atoms with van der Waals surface area (Å²) in [7, 11) is 1.68. The average molecular weight is 286 g/mol. The molecule has 1 heterocycles. The highest BCUT2D eigenvalue weighted by Crippen LogP contribution is 2.24. The molecule has 0 saturated heterocycles. The summed E-state index contributed by atoms with van der Waals surface area (Å²) >= 11 is 0. The highest BCUT2D eigenvalue weighted by atomic mass is 16.3. The first-order valence-electron chi connectivity index (χ1n) is 6.70. The van der Waals surface area contributed by atoms with Crippen molar-refractivity contribution < 1.29 is 15.0 Å². The van der Waals surface area contributed by atoms with Gasteiger partial charge in [0.2, 0.25) is 0 Å². The first-order valence-corrected chi connectivity index (χ1v) is 6.70. The summed E-state index contributed by atoms with van der Waals surface area (Å²) in [6.07, 6.45) is 3.14. The van der Waals surface area contributed by atoms with E-state index in [0.717, 1.165) is 5.56 Å². The Morgan fingerprint density at radius 1 is 1.29 bits per heavy atom.